The summed E-state index contributed by atoms with van der Waals surface area (Å²) in [5.74, 6) is 0.964. The minimum absolute atomic E-state index is 0.150. The zero-order chi connectivity index (χ0) is 16.4. The van der Waals surface area contributed by atoms with Gasteiger partial charge in [0.2, 0.25) is 0 Å². The fraction of sp³-hybridized carbons (Fsp3) is 0.133. The van der Waals surface area contributed by atoms with Gasteiger partial charge in [-0.3, -0.25) is 10.2 Å². The molecule has 1 fully saturated rings. The van der Waals surface area contributed by atoms with Gasteiger partial charge in [0.25, 0.3) is 5.91 Å². The van der Waals surface area contributed by atoms with Crippen molar-refractivity contribution < 1.29 is 14.3 Å². The van der Waals surface area contributed by atoms with Gasteiger partial charge in [0.15, 0.2) is 21.8 Å². The standard InChI is InChI=1S/C15H13N3O3S2/c1-20-10-4-3-9(7-11(10)21-2)8-12-13(19)18(14(16)23-12)15-17-5-6-22-15/h3-8,16H,1-2H3. The molecular formula is C15H13N3O3S2. The Hall–Kier alpha value is -2.32. The van der Waals surface area contributed by atoms with Crippen molar-refractivity contribution in [2.45, 2.75) is 0 Å². The van der Waals surface area contributed by atoms with Crippen LogP contribution < -0.4 is 14.4 Å². The molecule has 3 rings (SSSR count). The molecule has 1 aromatic heterocycles. The Morgan fingerprint density at radius 3 is 2.70 bits per heavy atom. The van der Waals surface area contributed by atoms with Crippen LogP contribution >= 0.6 is 23.1 Å². The average molecular weight is 347 g/mol. The van der Waals surface area contributed by atoms with Gasteiger partial charge in [-0.2, -0.15) is 0 Å². The summed E-state index contributed by atoms with van der Waals surface area (Å²) in [6, 6.07) is 5.40. The van der Waals surface area contributed by atoms with Crippen LogP contribution in [-0.4, -0.2) is 30.3 Å². The van der Waals surface area contributed by atoms with Crippen LogP contribution in [0.25, 0.3) is 6.08 Å². The van der Waals surface area contributed by atoms with Crippen LogP contribution in [-0.2, 0) is 4.79 Å². The maximum atomic E-state index is 12.5. The smallest absolute Gasteiger partial charge is 0.273 e. The van der Waals surface area contributed by atoms with Crippen molar-refractivity contribution in [2.24, 2.45) is 0 Å². The summed E-state index contributed by atoms with van der Waals surface area (Å²) >= 11 is 2.44. The van der Waals surface area contributed by atoms with E-state index in [-0.39, 0.29) is 11.1 Å². The van der Waals surface area contributed by atoms with E-state index in [1.54, 1.807) is 44.0 Å². The summed E-state index contributed by atoms with van der Waals surface area (Å²) in [7, 11) is 3.13. The van der Waals surface area contributed by atoms with Gasteiger partial charge in [-0.05, 0) is 35.5 Å². The van der Waals surface area contributed by atoms with Crippen molar-refractivity contribution in [1.29, 1.82) is 5.41 Å². The molecule has 118 valence electrons. The number of anilines is 1. The van der Waals surface area contributed by atoms with Crippen LogP contribution in [0, 0.1) is 5.41 Å². The monoisotopic (exact) mass is 347 g/mol. The van der Waals surface area contributed by atoms with E-state index in [1.165, 1.54) is 16.2 Å². The normalized spacial score (nSPS) is 16.3. The van der Waals surface area contributed by atoms with E-state index in [9.17, 15) is 4.79 Å². The molecule has 1 aliphatic heterocycles. The fourth-order valence-corrected chi connectivity index (χ4v) is 3.63. The number of thioether (sulfide) groups is 1. The third-order valence-electron chi connectivity index (χ3n) is 3.14. The first-order valence-corrected chi connectivity index (χ1v) is 8.27. The SMILES string of the molecule is COc1ccc(C=C2SC(=N)N(c3nccs3)C2=O)cc1OC. The molecule has 23 heavy (non-hydrogen) atoms. The van der Waals surface area contributed by atoms with Gasteiger partial charge in [0.1, 0.15) is 0 Å². The maximum Gasteiger partial charge on any atom is 0.273 e. The van der Waals surface area contributed by atoms with Gasteiger partial charge >= 0.3 is 0 Å². The Kier molecular flexibility index (Phi) is 4.35. The first kappa shape index (κ1) is 15.6. The summed E-state index contributed by atoms with van der Waals surface area (Å²) in [5.41, 5.74) is 0.798. The highest BCUT2D eigenvalue weighted by atomic mass is 32.2. The summed E-state index contributed by atoms with van der Waals surface area (Å²) in [6.07, 6.45) is 3.35. The van der Waals surface area contributed by atoms with Crippen LogP contribution in [0.15, 0.2) is 34.7 Å². The molecule has 1 amide bonds. The number of hydrogen-bond acceptors (Lipinski definition) is 7. The van der Waals surface area contributed by atoms with Crippen molar-refractivity contribution >= 4 is 45.4 Å². The minimum atomic E-state index is -0.246. The Balaban J connectivity index is 1.92. The van der Waals surface area contributed by atoms with Crippen molar-refractivity contribution in [3.05, 3.63) is 40.2 Å². The lowest BCUT2D eigenvalue weighted by Crippen LogP contribution is -2.27. The van der Waals surface area contributed by atoms with Gasteiger partial charge in [0.05, 0.1) is 19.1 Å². The maximum absolute atomic E-state index is 12.5. The molecule has 0 aliphatic carbocycles. The molecule has 0 unspecified atom stereocenters. The number of amides is 1. The van der Waals surface area contributed by atoms with Crippen LogP contribution in [0.5, 0.6) is 11.5 Å². The van der Waals surface area contributed by atoms with Crippen molar-refractivity contribution in [2.75, 3.05) is 19.1 Å². The first-order valence-electron chi connectivity index (χ1n) is 6.58. The molecule has 2 aromatic rings. The third-order valence-corrected chi connectivity index (χ3v) is 4.78. The topological polar surface area (TPSA) is 75.5 Å². The second-order valence-electron chi connectivity index (χ2n) is 4.49. The average Bonchev–Trinajstić information content (AvgIpc) is 3.16. The quantitative estimate of drug-likeness (QED) is 0.860. The Morgan fingerprint density at radius 2 is 2.04 bits per heavy atom. The fourth-order valence-electron chi connectivity index (χ4n) is 2.08. The third kappa shape index (κ3) is 2.95. The second kappa shape index (κ2) is 6.43. The molecule has 1 saturated heterocycles. The molecule has 0 saturated carbocycles. The van der Waals surface area contributed by atoms with Crippen molar-refractivity contribution in [3.63, 3.8) is 0 Å². The van der Waals surface area contributed by atoms with E-state index < -0.39 is 0 Å². The lowest BCUT2D eigenvalue weighted by atomic mass is 10.2. The van der Waals surface area contributed by atoms with E-state index >= 15 is 0 Å². The van der Waals surface area contributed by atoms with Crippen LogP contribution in [0.3, 0.4) is 0 Å². The molecule has 1 aliphatic rings. The Bertz CT molecular complexity index is 787. The molecule has 0 bridgehead atoms. The van der Waals surface area contributed by atoms with Gasteiger partial charge < -0.3 is 9.47 Å². The number of aromatic nitrogens is 1. The van der Waals surface area contributed by atoms with Crippen molar-refractivity contribution in [3.8, 4) is 11.5 Å². The largest absolute Gasteiger partial charge is 0.493 e. The predicted octanol–water partition coefficient (Wildman–Crippen LogP) is 3.22. The van der Waals surface area contributed by atoms with E-state index in [2.05, 4.69) is 4.98 Å². The van der Waals surface area contributed by atoms with Gasteiger partial charge in [-0.15, -0.1) is 11.3 Å². The summed E-state index contributed by atoms with van der Waals surface area (Å²) in [6.45, 7) is 0. The summed E-state index contributed by atoms with van der Waals surface area (Å²) < 4.78 is 10.5. The number of benzene rings is 1. The minimum Gasteiger partial charge on any atom is -0.493 e. The molecule has 8 heteroatoms. The molecule has 0 radical (unpaired) electrons. The van der Waals surface area contributed by atoms with Gasteiger partial charge in [0, 0.05) is 11.6 Å². The number of carbonyl (C=O) groups excluding carboxylic acids is 1. The molecule has 1 N–H and O–H groups in total. The molecule has 1 aromatic carbocycles. The number of nitrogens with zero attached hydrogens (tertiary/aromatic N) is 2. The lowest BCUT2D eigenvalue weighted by molar-refractivity contribution is -0.113. The van der Waals surface area contributed by atoms with E-state index in [0.29, 0.717) is 21.5 Å². The number of carbonyl (C=O) groups is 1. The number of nitrogens with one attached hydrogen (secondary N) is 1. The molecule has 0 spiro atoms. The van der Waals surface area contributed by atoms with E-state index in [0.717, 1.165) is 17.3 Å². The molecule has 0 atom stereocenters. The van der Waals surface area contributed by atoms with Crippen LogP contribution in [0.4, 0.5) is 5.13 Å². The summed E-state index contributed by atoms with van der Waals surface area (Å²) in [4.78, 5) is 18.4. The second-order valence-corrected chi connectivity index (χ2v) is 6.39. The number of thiazole rings is 1. The Labute approximate surface area is 141 Å². The first-order chi connectivity index (χ1) is 11.1. The van der Waals surface area contributed by atoms with Crippen LogP contribution in [0.2, 0.25) is 0 Å². The lowest BCUT2D eigenvalue weighted by Gasteiger charge is -2.09. The highest BCUT2D eigenvalue weighted by molar-refractivity contribution is 8.19. The predicted molar refractivity (Wildman–Crippen MR) is 92.4 cm³/mol. The molecular weight excluding hydrogens is 334 g/mol. The number of ether oxygens (including phenoxy) is 2. The number of amidine groups is 1. The van der Waals surface area contributed by atoms with Gasteiger partial charge in [-0.25, -0.2) is 9.88 Å². The number of methoxy groups -OCH3 is 2. The van der Waals surface area contributed by atoms with Crippen molar-refractivity contribution in [1.82, 2.24) is 4.98 Å². The van der Waals surface area contributed by atoms with Gasteiger partial charge in [-0.1, -0.05) is 6.07 Å². The van der Waals surface area contributed by atoms with E-state index in [1.807, 2.05) is 6.07 Å². The number of rotatable bonds is 4. The highest BCUT2D eigenvalue weighted by Crippen LogP contribution is 2.37. The van der Waals surface area contributed by atoms with Crippen LogP contribution in [0.1, 0.15) is 5.56 Å². The molecule has 2 heterocycles. The van der Waals surface area contributed by atoms with E-state index in [4.69, 9.17) is 14.9 Å². The zero-order valence-corrected chi connectivity index (χ0v) is 14.0. The Morgan fingerprint density at radius 1 is 1.26 bits per heavy atom. The number of hydrogen-bond donors (Lipinski definition) is 1. The molecule has 6 nitrogen and oxygen atoms in total. The zero-order valence-electron chi connectivity index (χ0n) is 12.4. The summed E-state index contributed by atoms with van der Waals surface area (Å²) in [5, 5.41) is 10.4. The highest BCUT2D eigenvalue weighted by Gasteiger charge is 2.35.